The fourth-order valence-corrected chi connectivity index (χ4v) is 2.27. The molecule has 1 fully saturated rings. The van der Waals surface area contributed by atoms with Gasteiger partial charge in [0.25, 0.3) is 0 Å². The van der Waals surface area contributed by atoms with Crippen LogP contribution in [0.3, 0.4) is 0 Å². The van der Waals surface area contributed by atoms with E-state index in [1.54, 1.807) is 0 Å². The van der Waals surface area contributed by atoms with Crippen LogP contribution in [0.5, 0.6) is 0 Å². The smallest absolute Gasteiger partial charge is 0.308 e. The van der Waals surface area contributed by atoms with Crippen molar-refractivity contribution in [3.05, 3.63) is 35.4 Å². The van der Waals surface area contributed by atoms with Crippen molar-refractivity contribution in [3.8, 4) is 0 Å². The molecule has 0 unspecified atom stereocenters. The Morgan fingerprint density at radius 1 is 1.40 bits per heavy atom. The SMILES string of the molecule is Cc1ccccc1[C@H]1CNC[C@@H]1C(=O)O. The van der Waals surface area contributed by atoms with Crippen LogP contribution in [0.2, 0.25) is 0 Å². The molecule has 0 saturated carbocycles. The highest BCUT2D eigenvalue weighted by Gasteiger charge is 2.34. The normalized spacial score (nSPS) is 25.4. The summed E-state index contributed by atoms with van der Waals surface area (Å²) >= 11 is 0. The molecule has 15 heavy (non-hydrogen) atoms. The van der Waals surface area contributed by atoms with E-state index in [9.17, 15) is 4.79 Å². The van der Waals surface area contributed by atoms with E-state index in [4.69, 9.17) is 5.11 Å². The van der Waals surface area contributed by atoms with Gasteiger partial charge in [-0.1, -0.05) is 24.3 Å². The molecule has 1 heterocycles. The fourth-order valence-electron chi connectivity index (χ4n) is 2.27. The van der Waals surface area contributed by atoms with Crippen molar-refractivity contribution in [1.29, 1.82) is 0 Å². The highest BCUT2D eigenvalue weighted by Crippen LogP contribution is 2.30. The van der Waals surface area contributed by atoms with Gasteiger partial charge in [-0.25, -0.2) is 0 Å². The van der Waals surface area contributed by atoms with Crippen LogP contribution in [0.1, 0.15) is 17.0 Å². The monoisotopic (exact) mass is 205 g/mol. The molecule has 1 aromatic carbocycles. The first-order valence-electron chi connectivity index (χ1n) is 5.19. The van der Waals surface area contributed by atoms with Crippen molar-refractivity contribution in [2.75, 3.05) is 13.1 Å². The van der Waals surface area contributed by atoms with Crippen LogP contribution in [-0.2, 0) is 4.79 Å². The third kappa shape index (κ3) is 1.88. The summed E-state index contributed by atoms with van der Waals surface area (Å²) in [7, 11) is 0. The number of benzene rings is 1. The maximum absolute atomic E-state index is 11.1. The standard InChI is InChI=1S/C12H15NO2/c1-8-4-2-3-5-9(8)10-6-13-7-11(10)12(14)15/h2-5,10-11,13H,6-7H2,1H3,(H,14,15)/t10-,11+/m1/s1. The zero-order chi connectivity index (χ0) is 10.8. The summed E-state index contributed by atoms with van der Waals surface area (Å²) in [5.41, 5.74) is 2.34. The van der Waals surface area contributed by atoms with Gasteiger partial charge in [-0.15, -0.1) is 0 Å². The van der Waals surface area contributed by atoms with E-state index in [1.165, 1.54) is 5.56 Å². The minimum Gasteiger partial charge on any atom is -0.481 e. The zero-order valence-electron chi connectivity index (χ0n) is 8.73. The summed E-state index contributed by atoms with van der Waals surface area (Å²) in [5.74, 6) is -0.872. The summed E-state index contributed by atoms with van der Waals surface area (Å²) in [4.78, 5) is 11.1. The first-order valence-corrected chi connectivity index (χ1v) is 5.19. The average molecular weight is 205 g/mol. The Morgan fingerprint density at radius 2 is 2.13 bits per heavy atom. The number of carboxylic acids is 1. The van der Waals surface area contributed by atoms with Crippen LogP contribution in [0.15, 0.2) is 24.3 Å². The Balaban J connectivity index is 2.30. The largest absolute Gasteiger partial charge is 0.481 e. The van der Waals surface area contributed by atoms with E-state index in [0.717, 1.165) is 12.1 Å². The van der Waals surface area contributed by atoms with Gasteiger partial charge in [0.05, 0.1) is 5.92 Å². The quantitative estimate of drug-likeness (QED) is 0.767. The molecule has 0 aromatic heterocycles. The maximum Gasteiger partial charge on any atom is 0.308 e. The highest BCUT2D eigenvalue weighted by molar-refractivity contribution is 5.72. The van der Waals surface area contributed by atoms with Crippen LogP contribution in [0, 0.1) is 12.8 Å². The first kappa shape index (κ1) is 10.2. The second-order valence-corrected chi connectivity index (χ2v) is 4.07. The van der Waals surface area contributed by atoms with Crippen LogP contribution in [0.4, 0.5) is 0 Å². The Hall–Kier alpha value is -1.35. The molecule has 80 valence electrons. The number of nitrogens with one attached hydrogen (secondary N) is 1. The molecule has 1 aliphatic rings. The number of hydrogen-bond donors (Lipinski definition) is 2. The van der Waals surface area contributed by atoms with Gasteiger partial charge in [-0.3, -0.25) is 4.79 Å². The molecule has 3 heteroatoms. The lowest BCUT2D eigenvalue weighted by molar-refractivity contribution is -0.141. The number of rotatable bonds is 2. The lowest BCUT2D eigenvalue weighted by atomic mass is 9.86. The topological polar surface area (TPSA) is 49.3 Å². The van der Waals surface area contributed by atoms with Crippen molar-refractivity contribution in [1.82, 2.24) is 5.32 Å². The molecule has 1 aliphatic heterocycles. The first-order chi connectivity index (χ1) is 7.20. The van der Waals surface area contributed by atoms with E-state index in [-0.39, 0.29) is 11.8 Å². The number of carboxylic acid groups (broad SMARTS) is 1. The molecule has 1 aromatic rings. The fraction of sp³-hybridized carbons (Fsp3) is 0.417. The predicted octanol–water partition coefficient (Wildman–Crippen LogP) is 1.38. The predicted molar refractivity (Wildman–Crippen MR) is 57.9 cm³/mol. The molecule has 0 amide bonds. The van der Waals surface area contributed by atoms with E-state index in [2.05, 4.69) is 5.32 Å². The minimum absolute atomic E-state index is 0.115. The summed E-state index contributed by atoms with van der Waals surface area (Å²) < 4.78 is 0. The molecule has 0 bridgehead atoms. The van der Waals surface area contributed by atoms with Crippen molar-refractivity contribution in [2.45, 2.75) is 12.8 Å². The Kier molecular flexibility index (Phi) is 2.73. The molecule has 0 aliphatic carbocycles. The minimum atomic E-state index is -0.701. The van der Waals surface area contributed by atoms with Crippen LogP contribution < -0.4 is 5.32 Å². The number of hydrogen-bond acceptors (Lipinski definition) is 2. The zero-order valence-corrected chi connectivity index (χ0v) is 8.73. The van der Waals surface area contributed by atoms with E-state index in [0.29, 0.717) is 6.54 Å². The molecule has 2 rings (SSSR count). The molecule has 2 N–H and O–H groups in total. The maximum atomic E-state index is 11.1. The summed E-state index contributed by atoms with van der Waals surface area (Å²) in [5, 5.41) is 12.2. The van der Waals surface area contributed by atoms with Crippen molar-refractivity contribution < 1.29 is 9.90 Å². The third-order valence-electron chi connectivity index (χ3n) is 3.12. The molecule has 0 radical (unpaired) electrons. The van der Waals surface area contributed by atoms with Crippen molar-refractivity contribution in [3.63, 3.8) is 0 Å². The van der Waals surface area contributed by atoms with Gasteiger partial charge < -0.3 is 10.4 Å². The van der Waals surface area contributed by atoms with Gasteiger partial charge in [0.15, 0.2) is 0 Å². The van der Waals surface area contributed by atoms with Gasteiger partial charge >= 0.3 is 5.97 Å². The Labute approximate surface area is 89.1 Å². The van der Waals surface area contributed by atoms with Crippen LogP contribution in [0.25, 0.3) is 0 Å². The highest BCUT2D eigenvalue weighted by atomic mass is 16.4. The number of carbonyl (C=O) groups is 1. The van der Waals surface area contributed by atoms with Gasteiger partial charge in [0.2, 0.25) is 0 Å². The van der Waals surface area contributed by atoms with Crippen LogP contribution in [-0.4, -0.2) is 24.2 Å². The van der Waals surface area contributed by atoms with Crippen molar-refractivity contribution >= 4 is 5.97 Å². The van der Waals surface area contributed by atoms with E-state index < -0.39 is 5.97 Å². The number of aliphatic carboxylic acids is 1. The van der Waals surface area contributed by atoms with E-state index >= 15 is 0 Å². The van der Waals surface area contributed by atoms with Gasteiger partial charge in [0, 0.05) is 19.0 Å². The number of aryl methyl sites for hydroxylation is 1. The molecular formula is C12H15NO2. The molecule has 0 spiro atoms. The second kappa shape index (κ2) is 4.03. The molecular weight excluding hydrogens is 190 g/mol. The lowest BCUT2D eigenvalue weighted by Gasteiger charge is -2.17. The van der Waals surface area contributed by atoms with Gasteiger partial charge in [0.1, 0.15) is 0 Å². The van der Waals surface area contributed by atoms with E-state index in [1.807, 2.05) is 31.2 Å². The summed E-state index contributed by atoms with van der Waals surface area (Å²) in [6.45, 7) is 3.38. The van der Waals surface area contributed by atoms with Gasteiger partial charge in [-0.05, 0) is 18.1 Å². The van der Waals surface area contributed by atoms with Crippen molar-refractivity contribution in [2.24, 2.45) is 5.92 Å². The lowest BCUT2D eigenvalue weighted by Crippen LogP contribution is -2.21. The molecule has 3 nitrogen and oxygen atoms in total. The average Bonchev–Trinajstić information content (AvgIpc) is 2.67. The molecule has 2 atom stereocenters. The Bertz CT molecular complexity index is 376. The third-order valence-corrected chi connectivity index (χ3v) is 3.12. The summed E-state index contributed by atoms with van der Waals surface area (Å²) in [6.07, 6.45) is 0. The summed E-state index contributed by atoms with van der Waals surface area (Å²) in [6, 6.07) is 8.02. The molecule has 1 saturated heterocycles. The van der Waals surface area contributed by atoms with Gasteiger partial charge in [-0.2, -0.15) is 0 Å². The second-order valence-electron chi connectivity index (χ2n) is 4.07. The van der Waals surface area contributed by atoms with Crippen LogP contribution >= 0.6 is 0 Å². The Morgan fingerprint density at radius 3 is 2.80 bits per heavy atom.